The standard InChI is InChI=1S/C21H19ClN2O3/c1-24-19(10-11-23-24)20(25)8-6-15-7-9-21(26-2)16(12-15)14-27-18-5-3-4-17(22)13-18/h3-13H,14H2,1-2H3/b8-6+. The predicted molar refractivity (Wildman–Crippen MR) is 105 cm³/mol. The van der Waals surface area contributed by atoms with E-state index in [1.807, 2.05) is 30.3 Å². The molecular formula is C21H19ClN2O3. The van der Waals surface area contributed by atoms with Gasteiger partial charge in [-0.3, -0.25) is 9.48 Å². The number of allylic oxidation sites excluding steroid dienone is 1. The number of benzene rings is 2. The van der Waals surface area contributed by atoms with Crippen LogP contribution < -0.4 is 9.47 Å². The lowest BCUT2D eigenvalue weighted by Gasteiger charge is -2.11. The molecule has 0 atom stereocenters. The van der Waals surface area contributed by atoms with E-state index in [0.29, 0.717) is 28.8 Å². The number of ether oxygens (including phenoxy) is 2. The fourth-order valence-corrected chi connectivity index (χ4v) is 2.79. The highest BCUT2D eigenvalue weighted by atomic mass is 35.5. The van der Waals surface area contributed by atoms with Crippen molar-refractivity contribution in [2.75, 3.05) is 7.11 Å². The van der Waals surface area contributed by atoms with E-state index in [2.05, 4.69) is 5.10 Å². The van der Waals surface area contributed by atoms with Gasteiger partial charge in [0.15, 0.2) is 0 Å². The lowest BCUT2D eigenvalue weighted by molar-refractivity contribution is 0.103. The van der Waals surface area contributed by atoms with Crippen LogP contribution in [0.5, 0.6) is 11.5 Å². The Bertz CT molecular complexity index is 979. The van der Waals surface area contributed by atoms with Crippen molar-refractivity contribution in [2.45, 2.75) is 6.61 Å². The van der Waals surface area contributed by atoms with Crippen molar-refractivity contribution in [2.24, 2.45) is 7.05 Å². The third-order valence-electron chi connectivity index (χ3n) is 4.00. The zero-order valence-corrected chi connectivity index (χ0v) is 15.8. The second kappa shape index (κ2) is 8.56. The lowest BCUT2D eigenvalue weighted by atomic mass is 10.1. The van der Waals surface area contributed by atoms with Gasteiger partial charge in [0.1, 0.15) is 23.8 Å². The number of carbonyl (C=O) groups excluding carboxylic acids is 1. The Hall–Kier alpha value is -3.05. The van der Waals surface area contributed by atoms with Crippen LogP contribution in [0.4, 0.5) is 0 Å². The van der Waals surface area contributed by atoms with E-state index in [1.54, 1.807) is 49.3 Å². The molecule has 0 aliphatic carbocycles. The van der Waals surface area contributed by atoms with Gasteiger partial charge in [0.05, 0.1) is 7.11 Å². The summed E-state index contributed by atoms with van der Waals surface area (Å²) < 4.78 is 12.8. The average molecular weight is 383 g/mol. The number of hydrogen-bond acceptors (Lipinski definition) is 4. The SMILES string of the molecule is COc1ccc(/C=C/C(=O)c2ccnn2C)cc1COc1cccc(Cl)c1. The molecule has 0 bridgehead atoms. The molecule has 3 aromatic rings. The van der Waals surface area contributed by atoms with Crippen LogP contribution in [0.25, 0.3) is 6.08 Å². The summed E-state index contributed by atoms with van der Waals surface area (Å²) in [6.07, 6.45) is 4.89. The van der Waals surface area contributed by atoms with Crippen molar-refractivity contribution in [3.8, 4) is 11.5 Å². The Labute approximate surface area is 162 Å². The molecule has 0 aliphatic heterocycles. The molecule has 138 valence electrons. The molecule has 0 N–H and O–H groups in total. The fourth-order valence-electron chi connectivity index (χ4n) is 2.61. The van der Waals surface area contributed by atoms with Crippen molar-refractivity contribution in [3.63, 3.8) is 0 Å². The van der Waals surface area contributed by atoms with Gasteiger partial charge in [-0.1, -0.05) is 29.8 Å². The predicted octanol–water partition coefficient (Wildman–Crippen LogP) is 4.56. The molecule has 2 aromatic carbocycles. The van der Waals surface area contributed by atoms with Crippen LogP contribution >= 0.6 is 11.6 Å². The Kier molecular flexibility index (Phi) is 5.94. The van der Waals surface area contributed by atoms with Gasteiger partial charge in [0.25, 0.3) is 0 Å². The van der Waals surface area contributed by atoms with Gasteiger partial charge < -0.3 is 9.47 Å². The number of methoxy groups -OCH3 is 1. The first-order valence-corrected chi connectivity index (χ1v) is 8.70. The number of halogens is 1. The van der Waals surface area contributed by atoms with Gasteiger partial charge in [-0.15, -0.1) is 0 Å². The minimum atomic E-state index is -0.109. The molecule has 0 spiro atoms. The average Bonchev–Trinajstić information content (AvgIpc) is 3.10. The molecule has 0 unspecified atom stereocenters. The number of aryl methyl sites for hydroxylation is 1. The Morgan fingerprint density at radius 3 is 2.78 bits per heavy atom. The van der Waals surface area contributed by atoms with E-state index in [1.165, 1.54) is 6.08 Å². The maximum Gasteiger partial charge on any atom is 0.203 e. The monoisotopic (exact) mass is 382 g/mol. The zero-order chi connectivity index (χ0) is 19.2. The van der Waals surface area contributed by atoms with Crippen molar-refractivity contribution >= 4 is 23.5 Å². The Balaban J connectivity index is 1.75. The van der Waals surface area contributed by atoms with Crippen molar-refractivity contribution in [1.82, 2.24) is 9.78 Å². The van der Waals surface area contributed by atoms with Crippen LogP contribution in [0.3, 0.4) is 0 Å². The number of ketones is 1. The van der Waals surface area contributed by atoms with Gasteiger partial charge in [0.2, 0.25) is 5.78 Å². The molecule has 3 rings (SSSR count). The topological polar surface area (TPSA) is 53.3 Å². The summed E-state index contributed by atoms with van der Waals surface area (Å²) in [7, 11) is 3.35. The van der Waals surface area contributed by atoms with Gasteiger partial charge in [-0.2, -0.15) is 5.10 Å². The molecule has 1 aromatic heterocycles. The first-order chi connectivity index (χ1) is 13.1. The number of hydrogen-bond donors (Lipinski definition) is 0. The first-order valence-electron chi connectivity index (χ1n) is 8.32. The smallest absolute Gasteiger partial charge is 0.203 e. The van der Waals surface area contributed by atoms with Crippen LogP contribution in [-0.4, -0.2) is 22.7 Å². The van der Waals surface area contributed by atoms with Crippen LogP contribution in [0.15, 0.2) is 60.8 Å². The van der Waals surface area contributed by atoms with Crippen molar-refractivity contribution < 1.29 is 14.3 Å². The largest absolute Gasteiger partial charge is 0.496 e. The summed E-state index contributed by atoms with van der Waals surface area (Å²) in [6.45, 7) is 0.320. The second-order valence-electron chi connectivity index (χ2n) is 5.85. The van der Waals surface area contributed by atoms with Gasteiger partial charge >= 0.3 is 0 Å². The molecule has 0 saturated carbocycles. The Morgan fingerprint density at radius 2 is 2.07 bits per heavy atom. The molecule has 0 radical (unpaired) electrons. The summed E-state index contributed by atoms with van der Waals surface area (Å²) >= 11 is 5.98. The van der Waals surface area contributed by atoms with E-state index in [4.69, 9.17) is 21.1 Å². The molecule has 0 amide bonds. The third-order valence-corrected chi connectivity index (χ3v) is 4.23. The minimum Gasteiger partial charge on any atom is -0.496 e. The number of carbonyl (C=O) groups is 1. The molecule has 0 fully saturated rings. The Morgan fingerprint density at radius 1 is 1.22 bits per heavy atom. The first kappa shape index (κ1) is 18.7. The number of aromatic nitrogens is 2. The van der Waals surface area contributed by atoms with E-state index in [0.717, 1.165) is 11.1 Å². The van der Waals surface area contributed by atoms with Crippen LogP contribution in [0.2, 0.25) is 5.02 Å². The molecule has 0 saturated heterocycles. The van der Waals surface area contributed by atoms with E-state index < -0.39 is 0 Å². The summed E-state index contributed by atoms with van der Waals surface area (Å²) in [5.74, 6) is 1.28. The summed E-state index contributed by atoms with van der Waals surface area (Å²) in [5.41, 5.74) is 2.27. The summed E-state index contributed by atoms with van der Waals surface area (Å²) in [6, 6.07) is 14.6. The number of rotatable bonds is 7. The second-order valence-corrected chi connectivity index (χ2v) is 6.29. The van der Waals surface area contributed by atoms with E-state index in [9.17, 15) is 4.79 Å². The summed E-state index contributed by atoms with van der Waals surface area (Å²) in [5, 5.41) is 4.62. The highest BCUT2D eigenvalue weighted by Crippen LogP contribution is 2.24. The van der Waals surface area contributed by atoms with Crippen molar-refractivity contribution in [3.05, 3.63) is 82.6 Å². The highest BCUT2D eigenvalue weighted by Gasteiger charge is 2.08. The lowest BCUT2D eigenvalue weighted by Crippen LogP contribution is -2.03. The zero-order valence-electron chi connectivity index (χ0n) is 15.1. The molecule has 1 heterocycles. The normalized spacial score (nSPS) is 10.9. The van der Waals surface area contributed by atoms with Gasteiger partial charge in [0, 0.05) is 23.8 Å². The van der Waals surface area contributed by atoms with E-state index in [-0.39, 0.29) is 5.78 Å². The molecule has 6 heteroatoms. The number of nitrogens with zero attached hydrogens (tertiary/aromatic N) is 2. The van der Waals surface area contributed by atoms with Crippen LogP contribution in [0, 0.1) is 0 Å². The summed E-state index contributed by atoms with van der Waals surface area (Å²) in [4.78, 5) is 12.2. The van der Waals surface area contributed by atoms with Gasteiger partial charge in [-0.25, -0.2) is 0 Å². The van der Waals surface area contributed by atoms with Crippen LogP contribution in [-0.2, 0) is 13.7 Å². The third kappa shape index (κ3) is 4.77. The van der Waals surface area contributed by atoms with Crippen LogP contribution in [0.1, 0.15) is 21.6 Å². The quantitative estimate of drug-likeness (QED) is 0.444. The minimum absolute atomic E-state index is 0.109. The molecule has 27 heavy (non-hydrogen) atoms. The maximum absolute atomic E-state index is 12.2. The maximum atomic E-state index is 12.2. The van der Waals surface area contributed by atoms with Gasteiger partial charge in [-0.05, 0) is 48.0 Å². The van der Waals surface area contributed by atoms with Crippen molar-refractivity contribution in [1.29, 1.82) is 0 Å². The fraction of sp³-hybridized carbons (Fsp3) is 0.143. The van der Waals surface area contributed by atoms with E-state index >= 15 is 0 Å². The molecule has 5 nitrogen and oxygen atoms in total. The molecule has 0 aliphatic rings. The molecular weight excluding hydrogens is 364 g/mol. The highest BCUT2D eigenvalue weighted by molar-refractivity contribution is 6.30.